The quantitative estimate of drug-likeness (QED) is 0.896. The van der Waals surface area contributed by atoms with E-state index < -0.39 is 0 Å². The predicted molar refractivity (Wildman–Crippen MR) is 77.4 cm³/mol. The zero-order chi connectivity index (χ0) is 13.8. The van der Waals surface area contributed by atoms with Gasteiger partial charge in [-0.2, -0.15) is 5.10 Å². The number of hydrogen-bond donors (Lipinski definition) is 1. The van der Waals surface area contributed by atoms with Crippen LogP contribution in [0, 0.1) is 6.92 Å². The summed E-state index contributed by atoms with van der Waals surface area (Å²) in [5, 5.41) is 7.87. The summed E-state index contributed by atoms with van der Waals surface area (Å²) in [7, 11) is 0. The number of pyridine rings is 1. The van der Waals surface area contributed by atoms with Crippen LogP contribution in [0.25, 0.3) is 5.82 Å². The van der Waals surface area contributed by atoms with Crippen LogP contribution in [0.2, 0.25) is 0 Å². The van der Waals surface area contributed by atoms with Gasteiger partial charge >= 0.3 is 0 Å². The van der Waals surface area contributed by atoms with E-state index in [1.54, 1.807) is 0 Å². The molecular weight excluding hydrogens is 236 g/mol. The number of nitrogens with zero attached hydrogens (tertiary/aromatic N) is 3. The molecule has 0 spiro atoms. The van der Waals surface area contributed by atoms with Crippen molar-refractivity contribution in [1.82, 2.24) is 20.1 Å². The van der Waals surface area contributed by atoms with Crippen LogP contribution in [-0.4, -0.2) is 20.8 Å². The number of nitrogens with one attached hydrogen (secondary N) is 1. The standard InChI is InChI=1S/C15H22N4/c1-5-14-8-13(10-16-11(2)3)9-15(17-14)19-7-6-12(4)18-19/h6-9,11,16H,5,10H2,1-4H3. The van der Waals surface area contributed by atoms with Gasteiger partial charge in [0, 0.05) is 24.5 Å². The van der Waals surface area contributed by atoms with Crippen LogP contribution < -0.4 is 5.32 Å². The molecule has 1 N–H and O–H groups in total. The number of aryl methyl sites for hydroxylation is 2. The second-order valence-corrected chi connectivity index (χ2v) is 5.12. The first kappa shape index (κ1) is 13.7. The average Bonchev–Trinajstić information content (AvgIpc) is 2.82. The highest BCUT2D eigenvalue weighted by molar-refractivity contribution is 5.31. The highest BCUT2D eigenvalue weighted by Gasteiger charge is 2.05. The molecule has 0 saturated heterocycles. The summed E-state index contributed by atoms with van der Waals surface area (Å²) >= 11 is 0. The Labute approximate surface area is 114 Å². The predicted octanol–water partition coefficient (Wildman–Crippen LogP) is 2.64. The lowest BCUT2D eigenvalue weighted by Crippen LogP contribution is -2.22. The van der Waals surface area contributed by atoms with Gasteiger partial charge in [-0.05, 0) is 37.1 Å². The Hall–Kier alpha value is -1.68. The fourth-order valence-electron chi connectivity index (χ4n) is 1.90. The van der Waals surface area contributed by atoms with Gasteiger partial charge in [0.25, 0.3) is 0 Å². The van der Waals surface area contributed by atoms with Gasteiger partial charge in [0.2, 0.25) is 0 Å². The molecule has 0 aliphatic rings. The first-order valence-electron chi connectivity index (χ1n) is 6.84. The van der Waals surface area contributed by atoms with Crippen LogP contribution in [-0.2, 0) is 13.0 Å². The van der Waals surface area contributed by atoms with Crippen molar-refractivity contribution in [2.24, 2.45) is 0 Å². The molecule has 0 bridgehead atoms. The number of aromatic nitrogens is 3. The van der Waals surface area contributed by atoms with Crippen molar-refractivity contribution >= 4 is 0 Å². The van der Waals surface area contributed by atoms with Crippen LogP contribution in [0.3, 0.4) is 0 Å². The summed E-state index contributed by atoms with van der Waals surface area (Å²) in [6.07, 6.45) is 2.89. The largest absolute Gasteiger partial charge is 0.310 e. The van der Waals surface area contributed by atoms with Gasteiger partial charge in [0.15, 0.2) is 5.82 Å². The summed E-state index contributed by atoms with van der Waals surface area (Å²) in [6, 6.07) is 6.73. The lowest BCUT2D eigenvalue weighted by atomic mass is 10.2. The molecule has 2 aromatic rings. The maximum atomic E-state index is 4.64. The summed E-state index contributed by atoms with van der Waals surface area (Å²) < 4.78 is 1.84. The molecule has 0 saturated carbocycles. The Morgan fingerprint density at radius 3 is 2.68 bits per heavy atom. The van der Waals surface area contributed by atoms with Crippen molar-refractivity contribution in [3.8, 4) is 5.82 Å². The van der Waals surface area contributed by atoms with Gasteiger partial charge in [-0.1, -0.05) is 20.8 Å². The molecule has 2 aromatic heterocycles. The zero-order valence-corrected chi connectivity index (χ0v) is 12.1. The lowest BCUT2D eigenvalue weighted by molar-refractivity contribution is 0.587. The number of rotatable bonds is 5. The highest BCUT2D eigenvalue weighted by Crippen LogP contribution is 2.11. The maximum absolute atomic E-state index is 4.64. The highest BCUT2D eigenvalue weighted by atomic mass is 15.3. The molecule has 2 rings (SSSR count). The minimum absolute atomic E-state index is 0.480. The lowest BCUT2D eigenvalue weighted by Gasteiger charge is -2.11. The summed E-state index contributed by atoms with van der Waals surface area (Å²) in [4.78, 5) is 4.64. The molecule has 0 aliphatic carbocycles. The molecule has 4 heteroatoms. The molecule has 0 atom stereocenters. The molecule has 0 fully saturated rings. The Morgan fingerprint density at radius 1 is 1.32 bits per heavy atom. The van der Waals surface area contributed by atoms with Gasteiger partial charge < -0.3 is 5.32 Å². The number of hydrogen-bond acceptors (Lipinski definition) is 3. The second-order valence-electron chi connectivity index (χ2n) is 5.12. The second kappa shape index (κ2) is 5.97. The van der Waals surface area contributed by atoms with Gasteiger partial charge in [-0.15, -0.1) is 0 Å². The van der Waals surface area contributed by atoms with Crippen molar-refractivity contribution < 1.29 is 0 Å². The van der Waals surface area contributed by atoms with E-state index in [2.05, 4.69) is 48.3 Å². The van der Waals surface area contributed by atoms with Gasteiger partial charge in [-0.3, -0.25) is 0 Å². The van der Waals surface area contributed by atoms with E-state index in [0.29, 0.717) is 6.04 Å². The van der Waals surface area contributed by atoms with Crippen LogP contribution in [0.15, 0.2) is 24.4 Å². The van der Waals surface area contributed by atoms with Crippen molar-refractivity contribution in [3.05, 3.63) is 41.3 Å². The van der Waals surface area contributed by atoms with Gasteiger partial charge in [0.1, 0.15) is 0 Å². The zero-order valence-electron chi connectivity index (χ0n) is 12.1. The SMILES string of the molecule is CCc1cc(CNC(C)C)cc(-n2ccc(C)n2)n1. The van der Waals surface area contributed by atoms with E-state index in [4.69, 9.17) is 0 Å². The van der Waals surface area contributed by atoms with E-state index in [1.165, 1.54) is 5.56 Å². The third-order valence-electron chi connectivity index (χ3n) is 2.96. The van der Waals surface area contributed by atoms with E-state index >= 15 is 0 Å². The minimum atomic E-state index is 0.480. The molecule has 0 amide bonds. The normalized spacial score (nSPS) is 11.2. The molecular formula is C15H22N4. The van der Waals surface area contributed by atoms with Crippen LogP contribution in [0.5, 0.6) is 0 Å². The Kier molecular flexibility index (Phi) is 4.32. The van der Waals surface area contributed by atoms with Crippen molar-refractivity contribution in [3.63, 3.8) is 0 Å². The Bertz CT molecular complexity index is 543. The Balaban J connectivity index is 2.30. The molecule has 19 heavy (non-hydrogen) atoms. The molecule has 0 aliphatic heterocycles. The van der Waals surface area contributed by atoms with Gasteiger partial charge in [0.05, 0.1) is 5.69 Å². The van der Waals surface area contributed by atoms with Crippen LogP contribution >= 0.6 is 0 Å². The molecule has 4 nitrogen and oxygen atoms in total. The maximum Gasteiger partial charge on any atom is 0.153 e. The molecule has 0 aromatic carbocycles. The first-order valence-corrected chi connectivity index (χ1v) is 6.84. The third kappa shape index (κ3) is 3.64. The fraction of sp³-hybridized carbons (Fsp3) is 0.467. The minimum Gasteiger partial charge on any atom is -0.310 e. The summed E-state index contributed by atoms with van der Waals surface area (Å²) in [5.41, 5.74) is 3.36. The van der Waals surface area contributed by atoms with E-state index in [0.717, 1.165) is 30.2 Å². The molecule has 0 radical (unpaired) electrons. The van der Waals surface area contributed by atoms with Crippen molar-refractivity contribution in [2.75, 3.05) is 0 Å². The topological polar surface area (TPSA) is 42.7 Å². The fourth-order valence-corrected chi connectivity index (χ4v) is 1.90. The Morgan fingerprint density at radius 2 is 2.11 bits per heavy atom. The summed E-state index contributed by atoms with van der Waals surface area (Å²) in [5.74, 6) is 0.896. The van der Waals surface area contributed by atoms with Crippen LogP contribution in [0.4, 0.5) is 0 Å². The first-order chi connectivity index (χ1) is 9.08. The van der Waals surface area contributed by atoms with Crippen molar-refractivity contribution in [2.45, 2.75) is 46.7 Å². The smallest absolute Gasteiger partial charge is 0.153 e. The van der Waals surface area contributed by atoms with Gasteiger partial charge in [-0.25, -0.2) is 9.67 Å². The van der Waals surface area contributed by atoms with Crippen LogP contribution in [0.1, 0.15) is 37.7 Å². The van der Waals surface area contributed by atoms with E-state index in [1.807, 2.05) is 23.9 Å². The average molecular weight is 258 g/mol. The van der Waals surface area contributed by atoms with Crippen molar-refractivity contribution in [1.29, 1.82) is 0 Å². The molecule has 102 valence electrons. The third-order valence-corrected chi connectivity index (χ3v) is 2.96. The molecule has 2 heterocycles. The molecule has 0 unspecified atom stereocenters. The van der Waals surface area contributed by atoms with E-state index in [9.17, 15) is 0 Å². The summed E-state index contributed by atoms with van der Waals surface area (Å²) in [6.45, 7) is 9.28. The monoisotopic (exact) mass is 258 g/mol. The van der Waals surface area contributed by atoms with E-state index in [-0.39, 0.29) is 0 Å².